The molecular weight excluding hydrogens is 370 g/mol. The number of hydrogen-bond acceptors (Lipinski definition) is 5. The fourth-order valence-electron chi connectivity index (χ4n) is 3.46. The van der Waals surface area contributed by atoms with E-state index in [4.69, 9.17) is 4.42 Å². The Kier molecular flexibility index (Phi) is 4.83. The Balaban J connectivity index is 1.87. The van der Waals surface area contributed by atoms with Crippen LogP contribution in [0.5, 0.6) is 5.75 Å². The number of pyridine rings is 1. The van der Waals surface area contributed by atoms with E-state index < -0.39 is 17.3 Å². The minimum atomic E-state index is -0.773. The molecule has 0 saturated heterocycles. The van der Waals surface area contributed by atoms with Crippen molar-refractivity contribution in [3.63, 3.8) is 0 Å². The summed E-state index contributed by atoms with van der Waals surface area (Å²) in [5.41, 5.74) is 0.171. The number of benzene rings is 2. The molecular formula is C23H17NO5. The Morgan fingerprint density at radius 3 is 2.45 bits per heavy atom. The molecule has 4 rings (SSSR count). The van der Waals surface area contributed by atoms with Crippen LogP contribution in [0.3, 0.4) is 0 Å². The highest BCUT2D eigenvalue weighted by Gasteiger charge is 2.29. The minimum Gasteiger partial charge on any atom is -0.618 e. The van der Waals surface area contributed by atoms with Crippen molar-refractivity contribution in [3.8, 4) is 5.75 Å². The van der Waals surface area contributed by atoms with Gasteiger partial charge < -0.3 is 14.7 Å². The number of Topliss-reactive ketones (excluding diaryl/α,β-unsaturated/α-hetero) is 1. The molecule has 0 bridgehead atoms. The second-order valence-electron chi connectivity index (χ2n) is 6.65. The molecule has 0 aliphatic heterocycles. The van der Waals surface area contributed by atoms with Crippen molar-refractivity contribution in [2.75, 3.05) is 0 Å². The first-order chi connectivity index (χ1) is 14.1. The number of aromatic nitrogens is 1. The number of para-hydroxylation sites is 1. The molecule has 2 aromatic heterocycles. The van der Waals surface area contributed by atoms with Crippen LogP contribution < -0.4 is 10.4 Å². The molecule has 6 heteroatoms. The van der Waals surface area contributed by atoms with Crippen LogP contribution in [-0.4, -0.2) is 10.9 Å². The Hall–Kier alpha value is -3.93. The maximum Gasteiger partial charge on any atom is 0.343 e. The van der Waals surface area contributed by atoms with Gasteiger partial charge in [0.05, 0.1) is 10.9 Å². The van der Waals surface area contributed by atoms with Gasteiger partial charge in [-0.1, -0.05) is 42.5 Å². The highest BCUT2D eigenvalue weighted by Crippen LogP contribution is 2.36. The number of rotatable bonds is 5. The summed E-state index contributed by atoms with van der Waals surface area (Å²) in [6.45, 7) is 0. The summed E-state index contributed by atoms with van der Waals surface area (Å²) in [6, 6.07) is 20.1. The standard InChI is InChI=1S/C23H17NO5/c25-19(18-11-6-7-13-24(18)28)14-17(15-8-2-1-3-9-15)21-22(26)16-10-4-5-12-20(16)29-23(21)27/h1-13,17,26H,14H2. The number of aromatic hydroxyl groups is 1. The number of carbonyl (C=O) groups excluding carboxylic acids is 1. The van der Waals surface area contributed by atoms with Gasteiger partial charge in [-0.2, -0.15) is 4.73 Å². The lowest BCUT2D eigenvalue weighted by molar-refractivity contribution is -0.607. The van der Waals surface area contributed by atoms with Gasteiger partial charge >= 0.3 is 5.63 Å². The van der Waals surface area contributed by atoms with Crippen LogP contribution in [-0.2, 0) is 0 Å². The van der Waals surface area contributed by atoms with Crippen molar-refractivity contribution in [3.05, 3.63) is 111 Å². The van der Waals surface area contributed by atoms with Crippen LogP contribution in [0.25, 0.3) is 11.0 Å². The topological polar surface area (TPSA) is 94.4 Å². The molecule has 0 spiro atoms. The molecule has 2 heterocycles. The molecule has 1 atom stereocenters. The maximum atomic E-state index is 12.9. The molecule has 0 radical (unpaired) electrons. The lowest BCUT2D eigenvalue weighted by Crippen LogP contribution is -2.34. The molecule has 0 fully saturated rings. The molecule has 0 amide bonds. The lowest BCUT2D eigenvalue weighted by atomic mass is 9.86. The summed E-state index contributed by atoms with van der Waals surface area (Å²) in [5, 5.41) is 23.2. The van der Waals surface area contributed by atoms with Crippen molar-refractivity contribution in [2.45, 2.75) is 12.3 Å². The van der Waals surface area contributed by atoms with Crippen molar-refractivity contribution in [1.82, 2.24) is 0 Å². The van der Waals surface area contributed by atoms with E-state index in [0.717, 1.165) is 0 Å². The van der Waals surface area contributed by atoms with Crippen molar-refractivity contribution >= 4 is 16.8 Å². The van der Waals surface area contributed by atoms with E-state index in [1.54, 1.807) is 54.6 Å². The predicted octanol–water partition coefficient (Wildman–Crippen LogP) is 3.54. The number of ketones is 1. The van der Waals surface area contributed by atoms with E-state index in [2.05, 4.69) is 0 Å². The van der Waals surface area contributed by atoms with Gasteiger partial charge in [-0.25, -0.2) is 4.79 Å². The second-order valence-corrected chi connectivity index (χ2v) is 6.65. The first-order valence-corrected chi connectivity index (χ1v) is 9.07. The van der Waals surface area contributed by atoms with Gasteiger partial charge in [0.2, 0.25) is 5.78 Å². The van der Waals surface area contributed by atoms with Crippen molar-refractivity contribution < 1.29 is 19.0 Å². The summed E-state index contributed by atoms with van der Waals surface area (Å²) in [7, 11) is 0. The summed E-state index contributed by atoms with van der Waals surface area (Å²) >= 11 is 0. The predicted molar refractivity (Wildman–Crippen MR) is 107 cm³/mol. The molecule has 1 N–H and O–H groups in total. The van der Waals surface area contributed by atoms with Gasteiger partial charge in [0.1, 0.15) is 11.3 Å². The zero-order chi connectivity index (χ0) is 20.4. The third kappa shape index (κ3) is 3.48. The molecule has 0 saturated carbocycles. The molecule has 6 nitrogen and oxygen atoms in total. The van der Waals surface area contributed by atoms with Gasteiger partial charge in [0.25, 0.3) is 5.69 Å². The molecule has 29 heavy (non-hydrogen) atoms. The minimum absolute atomic E-state index is 0.00312. The molecule has 4 aromatic rings. The van der Waals surface area contributed by atoms with E-state index in [1.165, 1.54) is 18.3 Å². The average Bonchev–Trinajstić information content (AvgIpc) is 2.74. The zero-order valence-corrected chi connectivity index (χ0v) is 15.3. The maximum absolute atomic E-state index is 12.9. The van der Waals surface area contributed by atoms with Gasteiger partial charge in [-0.3, -0.25) is 4.79 Å². The summed E-state index contributed by atoms with van der Waals surface area (Å²) in [4.78, 5) is 25.6. The number of hydrogen-bond donors (Lipinski definition) is 1. The van der Waals surface area contributed by atoms with Crippen LogP contribution in [0.1, 0.15) is 34.0 Å². The van der Waals surface area contributed by atoms with E-state index in [1.807, 2.05) is 6.07 Å². The quantitative estimate of drug-likeness (QED) is 0.245. The van der Waals surface area contributed by atoms with Crippen LogP contribution in [0.15, 0.2) is 88.2 Å². The summed E-state index contributed by atoms with van der Waals surface area (Å²) in [5.74, 6) is -1.44. The van der Waals surface area contributed by atoms with Gasteiger partial charge in [0.15, 0.2) is 6.20 Å². The van der Waals surface area contributed by atoms with E-state index in [-0.39, 0.29) is 29.0 Å². The van der Waals surface area contributed by atoms with Gasteiger partial charge in [0, 0.05) is 24.5 Å². The molecule has 2 aromatic carbocycles. The van der Waals surface area contributed by atoms with E-state index >= 15 is 0 Å². The zero-order valence-electron chi connectivity index (χ0n) is 15.3. The Morgan fingerprint density at radius 2 is 1.69 bits per heavy atom. The molecule has 1 unspecified atom stereocenters. The normalized spacial score (nSPS) is 12.0. The fourth-order valence-corrected chi connectivity index (χ4v) is 3.46. The first-order valence-electron chi connectivity index (χ1n) is 9.07. The van der Waals surface area contributed by atoms with Crippen LogP contribution in [0.2, 0.25) is 0 Å². The van der Waals surface area contributed by atoms with Crippen LogP contribution in [0.4, 0.5) is 0 Å². The lowest BCUT2D eigenvalue weighted by Gasteiger charge is -2.18. The monoisotopic (exact) mass is 387 g/mol. The Labute approximate surface area is 165 Å². The first kappa shape index (κ1) is 18.4. The second kappa shape index (κ2) is 7.59. The Morgan fingerprint density at radius 1 is 1.00 bits per heavy atom. The number of fused-ring (bicyclic) bond motifs is 1. The SMILES string of the molecule is O=C(CC(c1ccccc1)c1c(O)c2ccccc2oc1=O)c1cccc[n+]1[O-]. The van der Waals surface area contributed by atoms with Crippen molar-refractivity contribution in [1.29, 1.82) is 0 Å². The number of nitrogens with zero attached hydrogens (tertiary/aromatic N) is 1. The van der Waals surface area contributed by atoms with Gasteiger partial charge in [-0.05, 0) is 23.8 Å². The molecule has 0 aliphatic carbocycles. The third-order valence-corrected chi connectivity index (χ3v) is 4.87. The van der Waals surface area contributed by atoms with Crippen LogP contribution >= 0.6 is 0 Å². The van der Waals surface area contributed by atoms with Crippen LogP contribution in [0, 0.1) is 5.21 Å². The number of carbonyl (C=O) groups is 1. The molecule has 144 valence electrons. The highest BCUT2D eigenvalue weighted by molar-refractivity contribution is 5.94. The fraction of sp³-hybridized carbons (Fsp3) is 0.0870. The van der Waals surface area contributed by atoms with Crippen molar-refractivity contribution in [2.24, 2.45) is 0 Å². The van der Waals surface area contributed by atoms with Gasteiger partial charge in [-0.15, -0.1) is 0 Å². The third-order valence-electron chi connectivity index (χ3n) is 4.87. The van der Waals surface area contributed by atoms with E-state index in [0.29, 0.717) is 15.7 Å². The highest BCUT2D eigenvalue weighted by atomic mass is 16.5. The smallest absolute Gasteiger partial charge is 0.343 e. The average molecular weight is 387 g/mol. The summed E-state index contributed by atoms with van der Waals surface area (Å²) < 4.78 is 5.89. The van der Waals surface area contributed by atoms with E-state index in [9.17, 15) is 19.9 Å². The largest absolute Gasteiger partial charge is 0.618 e. The summed E-state index contributed by atoms with van der Waals surface area (Å²) in [6.07, 6.45) is 1.07. The molecule has 0 aliphatic rings. The Bertz CT molecular complexity index is 1250.